The van der Waals surface area contributed by atoms with Crippen LogP contribution in [0.5, 0.6) is 11.5 Å². The number of hydrogen-bond acceptors (Lipinski definition) is 5. The highest BCUT2D eigenvalue weighted by atomic mass is 35.5. The van der Waals surface area contributed by atoms with Crippen LogP contribution >= 0.6 is 11.6 Å². The zero-order chi connectivity index (χ0) is 18.7. The Balaban J connectivity index is 1.69. The van der Waals surface area contributed by atoms with Crippen molar-refractivity contribution >= 4 is 27.5 Å². The summed E-state index contributed by atoms with van der Waals surface area (Å²) in [5, 5.41) is 3.25. The molecule has 9 heteroatoms. The molecular weight excluding hydrogens is 380 g/mol. The number of sulfonamides is 1. The normalized spacial score (nSPS) is 21.1. The van der Waals surface area contributed by atoms with E-state index in [2.05, 4.69) is 5.32 Å². The van der Waals surface area contributed by atoms with E-state index >= 15 is 0 Å². The number of hydrogen-bond donors (Lipinski definition) is 1. The fourth-order valence-corrected chi connectivity index (χ4v) is 4.67. The maximum Gasteiger partial charge on any atom is 0.238 e. The summed E-state index contributed by atoms with van der Waals surface area (Å²) in [5.74, 6) is 0.794. The van der Waals surface area contributed by atoms with E-state index in [9.17, 15) is 13.2 Å². The predicted octanol–water partition coefficient (Wildman–Crippen LogP) is 1.93. The minimum atomic E-state index is -3.41. The molecule has 1 atom stereocenters. The van der Waals surface area contributed by atoms with E-state index in [1.165, 1.54) is 4.31 Å². The van der Waals surface area contributed by atoms with Crippen molar-refractivity contribution in [2.75, 3.05) is 26.0 Å². The van der Waals surface area contributed by atoms with E-state index in [1.807, 2.05) is 0 Å². The molecule has 1 fully saturated rings. The van der Waals surface area contributed by atoms with Gasteiger partial charge < -0.3 is 14.8 Å². The first-order chi connectivity index (χ1) is 12.4. The molecular formula is C17H23ClN2O5S. The third kappa shape index (κ3) is 4.42. The number of fused-ring (bicyclic) bond motifs is 1. The van der Waals surface area contributed by atoms with Gasteiger partial charge in [0.15, 0.2) is 11.5 Å². The van der Waals surface area contributed by atoms with Gasteiger partial charge in [-0.1, -0.05) is 18.0 Å². The van der Waals surface area contributed by atoms with E-state index in [4.69, 9.17) is 21.1 Å². The Kier molecular flexibility index (Phi) is 5.94. The Labute approximate surface area is 158 Å². The number of piperidine rings is 1. The molecule has 1 aromatic carbocycles. The number of carbonyl (C=O) groups excluding carboxylic acids is 1. The van der Waals surface area contributed by atoms with Gasteiger partial charge in [0.1, 0.15) is 6.04 Å². The second-order valence-electron chi connectivity index (χ2n) is 6.56. The lowest BCUT2D eigenvalue weighted by Gasteiger charge is -2.32. The molecule has 7 nitrogen and oxygen atoms in total. The lowest BCUT2D eigenvalue weighted by molar-refractivity contribution is -0.125. The Hall–Kier alpha value is -1.51. The van der Waals surface area contributed by atoms with Crippen molar-refractivity contribution < 1.29 is 22.7 Å². The van der Waals surface area contributed by atoms with Gasteiger partial charge in [-0.15, -0.1) is 0 Å². The zero-order valence-corrected chi connectivity index (χ0v) is 16.2. The Morgan fingerprint density at radius 3 is 2.81 bits per heavy atom. The number of nitrogens with one attached hydrogen (secondary N) is 1. The first-order valence-electron chi connectivity index (χ1n) is 8.69. The molecule has 1 N–H and O–H groups in total. The van der Waals surface area contributed by atoms with Crippen LogP contribution in [0.1, 0.15) is 31.2 Å². The minimum absolute atomic E-state index is 0.239. The van der Waals surface area contributed by atoms with Crippen LogP contribution in [0.25, 0.3) is 0 Å². The van der Waals surface area contributed by atoms with Crippen LogP contribution in [0.3, 0.4) is 0 Å². The van der Waals surface area contributed by atoms with Crippen molar-refractivity contribution in [2.24, 2.45) is 0 Å². The summed E-state index contributed by atoms with van der Waals surface area (Å²) in [7, 11) is -3.41. The van der Waals surface area contributed by atoms with Crippen LogP contribution in [-0.2, 0) is 21.4 Å². The zero-order valence-electron chi connectivity index (χ0n) is 14.7. The van der Waals surface area contributed by atoms with Crippen molar-refractivity contribution in [2.45, 2.75) is 38.3 Å². The standard InChI is InChI=1S/C17H23ClN2O5S/c1-26(22,23)20-6-3-2-5-14(20)17(21)19-11-12-9-13(18)16-15(10-12)24-7-4-8-25-16/h9-10,14H,2-8,11H2,1H3,(H,19,21). The topological polar surface area (TPSA) is 84.9 Å². The fraction of sp³-hybridized carbons (Fsp3) is 0.588. The van der Waals surface area contributed by atoms with Crippen molar-refractivity contribution in [1.29, 1.82) is 0 Å². The first-order valence-corrected chi connectivity index (χ1v) is 10.9. The van der Waals surface area contributed by atoms with Gasteiger partial charge in [-0.05, 0) is 30.5 Å². The molecule has 2 heterocycles. The average Bonchev–Trinajstić information content (AvgIpc) is 2.85. The van der Waals surface area contributed by atoms with Crippen molar-refractivity contribution in [3.8, 4) is 11.5 Å². The van der Waals surface area contributed by atoms with Crippen LogP contribution in [0.4, 0.5) is 0 Å². The molecule has 3 rings (SSSR count). The van der Waals surface area contributed by atoms with Gasteiger partial charge in [0.2, 0.25) is 15.9 Å². The van der Waals surface area contributed by atoms with E-state index < -0.39 is 16.1 Å². The van der Waals surface area contributed by atoms with Gasteiger partial charge in [0, 0.05) is 19.5 Å². The van der Waals surface area contributed by atoms with Gasteiger partial charge in [-0.25, -0.2) is 8.42 Å². The number of halogens is 1. The van der Waals surface area contributed by atoms with Crippen molar-refractivity contribution in [3.63, 3.8) is 0 Å². The second-order valence-corrected chi connectivity index (χ2v) is 8.90. The Morgan fingerprint density at radius 2 is 2.04 bits per heavy atom. The predicted molar refractivity (Wildman–Crippen MR) is 98.1 cm³/mol. The van der Waals surface area contributed by atoms with Crippen LogP contribution < -0.4 is 14.8 Å². The molecule has 0 spiro atoms. The van der Waals surface area contributed by atoms with Gasteiger partial charge in [0.05, 0.1) is 24.5 Å². The molecule has 0 radical (unpaired) electrons. The molecule has 1 saturated heterocycles. The molecule has 0 aliphatic carbocycles. The minimum Gasteiger partial charge on any atom is -0.489 e. The summed E-state index contributed by atoms with van der Waals surface area (Å²) in [6.45, 7) is 1.71. The molecule has 2 aliphatic heterocycles. The number of ether oxygens (including phenoxy) is 2. The second kappa shape index (κ2) is 8.02. The monoisotopic (exact) mass is 402 g/mol. The molecule has 1 unspecified atom stereocenters. The number of rotatable bonds is 4. The van der Waals surface area contributed by atoms with Crippen LogP contribution in [0.2, 0.25) is 5.02 Å². The number of amides is 1. The summed E-state index contributed by atoms with van der Waals surface area (Å²) in [5.41, 5.74) is 0.773. The SMILES string of the molecule is CS(=O)(=O)N1CCCCC1C(=O)NCc1cc(Cl)c2c(c1)OCCCO2. The Morgan fingerprint density at radius 1 is 1.27 bits per heavy atom. The smallest absolute Gasteiger partial charge is 0.238 e. The summed E-state index contributed by atoms with van der Waals surface area (Å²) in [4.78, 5) is 12.6. The van der Waals surface area contributed by atoms with Crippen LogP contribution in [-0.4, -0.2) is 50.7 Å². The van der Waals surface area contributed by atoms with Crippen molar-refractivity contribution in [3.05, 3.63) is 22.7 Å². The number of nitrogens with zero attached hydrogens (tertiary/aromatic N) is 1. The molecule has 1 amide bonds. The molecule has 0 aromatic heterocycles. The van der Waals surface area contributed by atoms with E-state index in [1.54, 1.807) is 12.1 Å². The van der Waals surface area contributed by atoms with Gasteiger partial charge >= 0.3 is 0 Å². The van der Waals surface area contributed by atoms with E-state index in [0.717, 1.165) is 31.1 Å². The third-order valence-electron chi connectivity index (χ3n) is 4.51. The summed E-state index contributed by atoms with van der Waals surface area (Å²) >= 11 is 6.26. The third-order valence-corrected chi connectivity index (χ3v) is 6.08. The molecule has 26 heavy (non-hydrogen) atoms. The van der Waals surface area contributed by atoms with Gasteiger partial charge in [0.25, 0.3) is 0 Å². The molecule has 2 aliphatic rings. The van der Waals surface area contributed by atoms with E-state index in [0.29, 0.717) is 42.7 Å². The average molecular weight is 403 g/mol. The fourth-order valence-electron chi connectivity index (χ4n) is 3.26. The number of carbonyl (C=O) groups is 1. The van der Waals surface area contributed by atoms with Gasteiger partial charge in [-0.3, -0.25) is 4.79 Å². The molecule has 0 saturated carbocycles. The van der Waals surface area contributed by atoms with Crippen LogP contribution in [0.15, 0.2) is 12.1 Å². The molecule has 0 bridgehead atoms. The first kappa shape index (κ1) is 19.3. The highest BCUT2D eigenvalue weighted by Gasteiger charge is 2.34. The quantitative estimate of drug-likeness (QED) is 0.831. The molecule has 1 aromatic rings. The Bertz CT molecular complexity index is 784. The number of benzene rings is 1. The highest BCUT2D eigenvalue weighted by molar-refractivity contribution is 7.88. The van der Waals surface area contributed by atoms with Crippen molar-refractivity contribution in [1.82, 2.24) is 9.62 Å². The lowest BCUT2D eigenvalue weighted by atomic mass is 10.0. The van der Waals surface area contributed by atoms with Crippen LogP contribution in [0, 0.1) is 0 Å². The highest BCUT2D eigenvalue weighted by Crippen LogP contribution is 2.38. The lowest BCUT2D eigenvalue weighted by Crippen LogP contribution is -2.51. The summed E-state index contributed by atoms with van der Waals surface area (Å²) < 4.78 is 36.3. The summed E-state index contributed by atoms with van der Waals surface area (Å²) in [6.07, 6.45) is 4.05. The maximum atomic E-state index is 12.6. The van der Waals surface area contributed by atoms with E-state index in [-0.39, 0.29) is 12.5 Å². The van der Waals surface area contributed by atoms with Gasteiger partial charge in [-0.2, -0.15) is 4.31 Å². The maximum absolute atomic E-state index is 12.6. The summed E-state index contributed by atoms with van der Waals surface area (Å²) in [6, 6.07) is 2.86. The largest absolute Gasteiger partial charge is 0.489 e. The molecule has 144 valence electrons.